The van der Waals surface area contributed by atoms with Gasteiger partial charge in [0.1, 0.15) is 19.8 Å². The Labute approximate surface area is 194 Å². The molecule has 0 N–H and O–H groups in total. The number of anilines is 1. The number of hydrogen-bond acceptors (Lipinski definition) is 3. The number of benzene rings is 2. The number of hydrogen-bond donors (Lipinski definition) is 0. The van der Waals surface area contributed by atoms with Crippen LogP contribution in [0.25, 0.3) is 0 Å². The van der Waals surface area contributed by atoms with Crippen LogP contribution in [0.4, 0.5) is 5.69 Å². The highest BCUT2D eigenvalue weighted by Gasteiger charge is 2.33. The summed E-state index contributed by atoms with van der Waals surface area (Å²) in [5.41, 5.74) is 2.45. The number of rotatable bonds is 8. The molecule has 0 unspecified atom stereocenters. The van der Waals surface area contributed by atoms with Gasteiger partial charge in [-0.2, -0.15) is 0 Å². The molecule has 7 heteroatoms. The van der Waals surface area contributed by atoms with Gasteiger partial charge in [-0.3, -0.25) is 19.3 Å². The maximum Gasteiger partial charge on any atom is 0.254 e. The zero-order chi connectivity index (χ0) is 23.3. The average molecular weight is 456 g/mol. The molecule has 0 spiro atoms. The minimum Gasteiger partial charge on any atom is -0.327 e. The van der Waals surface area contributed by atoms with Gasteiger partial charge in [-0.05, 0) is 68.7 Å². The van der Waals surface area contributed by atoms with Crippen LogP contribution in [0.3, 0.4) is 0 Å². The maximum atomic E-state index is 13.1. The summed E-state index contributed by atoms with van der Waals surface area (Å²) in [7, 11) is 0. The van der Waals surface area contributed by atoms with E-state index in [-0.39, 0.29) is 43.5 Å². The number of carbonyl (C=O) groups excluding carboxylic acids is 3. The topological polar surface area (TPSA) is 60.9 Å². The van der Waals surface area contributed by atoms with Crippen LogP contribution in [0.1, 0.15) is 49.5 Å². The van der Waals surface area contributed by atoms with Gasteiger partial charge in [-0.1, -0.05) is 37.1 Å². The quantitative estimate of drug-likeness (QED) is 0.594. The lowest BCUT2D eigenvalue weighted by atomic mass is 10.1. The zero-order valence-electron chi connectivity index (χ0n) is 18.9. The molecule has 32 heavy (non-hydrogen) atoms. The van der Waals surface area contributed by atoms with E-state index in [9.17, 15) is 14.4 Å². The van der Waals surface area contributed by atoms with Gasteiger partial charge in [0.05, 0.1) is 0 Å². The van der Waals surface area contributed by atoms with Gasteiger partial charge in [-0.25, -0.2) is 0 Å². The highest BCUT2D eigenvalue weighted by atomic mass is 35.5. The normalized spacial score (nSPS) is 13.7. The van der Waals surface area contributed by atoms with Crippen LogP contribution in [-0.4, -0.2) is 53.3 Å². The van der Waals surface area contributed by atoms with Crippen molar-refractivity contribution in [3.8, 4) is 0 Å². The van der Waals surface area contributed by atoms with Crippen LogP contribution >= 0.6 is 11.6 Å². The van der Waals surface area contributed by atoms with Crippen molar-refractivity contribution in [2.24, 2.45) is 0 Å². The second-order valence-corrected chi connectivity index (χ2v) is 8.80. The molecule has 3 amide bonds. The molecular formula is C25H30ClN3O3. The van der Waals surface area contributed by atoms with Crippen LogP contribution in [-0.2, 0) is 16.0 Å². The van der Waals surface area contributed by atoms with Gasteiger partial charge in [-0.15, -0.1) is 0 Å². The summed E-state index contributed by atoms with van der Waals surface area (Å²) in [5, 5.41) is 0.581. The third-order valence-electron chi connectivity index (χ3n) is 5.64. The van der Waals surface area contributed by atoms with Gasteiger partial charge in [0.15, 0.2) is 0 Å². The van der Waals surface area contributed by atoms with E-state index in [1.54, 1.807) is 34.1 Å². The molecule has 1 aliphatic heterocycles. The van der Waals surface area contributed by atoms with Crippen LogP contribution in [0.2, 0.25) is 5.02 Å². The predicted molar refractivity (Wildman–Crippen MR) is 127 cm³/mol. The van der Waals surface area contributed by atoms with Crippen molar-refractivity contribution in [2.45, 2.75) is 46.1 Å². The molecule has 0 aliphatic carbocycles. The molecule has 2 aromatic rings. The second kappa shape index (κ2) is 10.6. The fraction of sp³-hybridized carbons (Fsp3) is 0.400. The smallest absolute Gasteiger partial charge is 0.254 e. The van der Waals surface area contributed by atoms with Crippen molar-refractivity contribution in [3.05, 3.63) is 64.7 Å². The first kappa shape index (κ1) is 23.8. The van der Waals surface area contributed by atoms with Gasteiger partial charge < -0.3 is 9.80 Å². The first-order valence-electron chi connectivity index (χ1n) is 11.0. The van der Waals surface area contributed by atoms with Crippen molar-refractivity contribution in [3.63, 3.8) is 0 Å². The zero-order valence-corrected chi connectivity index (χ0v) is 19.6. The predicted octanol–water partition coefficient (Wildman–Crippen LogP) is 4.37. The van der Waals surface area contributed by atoms with Crippen molar-refractivity contribution >= 4 is 35.0 Å². The number of nitrogens with zero attached hydrogens (tertiary/aromatic N) is 3. The highest BCUT2D eigenvalue weighted by molar-refractivity contribution is 6.30. The Balaban J connectivity index is 1.66. The molecule has 3 rings (SSSR count). The SMILES string of the molecule is CCCCc1ccc(C(=O)N(CC(=O)N2CC(=O)N(c3ccc(Cl)cc3)C2)C(C)C)cc1. The summed E-state index contributed by atoms with van der Waals surface area (Å²) in [4.78, 5) is 43.1. The Morgan fingerprint density at radius 3 is 2.31 bits per heavy atom. The van der Waals surface area contributed by atoms with E-state index in [0.29, 0.717) is 16.3 Å². The Bertz CT molecular complexity index is 957. The lowest BCUT2D eigenvalue weighted by Crippen LogP contribution is -2.45. The van der Waals surface area contributed by atoms with E-state index in [2.05, 4.69) is 6.92 Å². The van der Waals surface area contributed by atoms with Crippen molar-refractivity contribution in [1.82, 2.24) is 9.80 Å². The fourth-order valence-electron chi connectivity index (χ4n) is 3.66. The summed E-state index contributed by atoms with van der Waals surface area (Å²) in [6, 6.07) is 14.4. The first-order chi connectivity index (χ1) is 15.3. The Morgan fingerprint density at radius 1 is 1.06 bits per heavy atom. The maximum absolute atomic E-state index is 13.1. The van der Waals surface area contributed by atoms with E-state index in [0.717, 1.165) is 19.3 Å². The number of amides is 3. The van der Waals surface area contributed by atoms with Gasteiger partial charge >= 0.3 is 0 Å². The summed E-state index contributed by atoms with van der Waals surface area (Å²) in [6.07, 6.45) is 3.23. The summed E-state index contributed by atoms with van der Waals surface area (Å²) >= 11 is 5.93. The van der Waals surface area contributed by atoms with Crippen LogP contribution in [0, 0.1) is 0 Å². The molecular weight excluding hydrogens is 426 g/mol. The minimum atomic E-state index is -0.253. The monoisotopic (exact) mass is 455 g/mol. The van der Waals surface area contributed by atoms with Crippen LogP contribution in [0.5, 0.6) is 0 Å². The van der Waals surface area contributed by atoms with Gasteiger partial charge in [0.25, 0.3) is 5.91 Å². The van der Waals surface area contributed by atoms with Crippen molar-refractivity contribution < 1.29 is 14.4 Å². The van der Waals surface area contributed by atoms with E-state index in [4.69, 9.17) is 11.6 Å². The molecule has 1 fully saturated rings. The fourth-order valence-corrected chi connectivity index (χ4v) is 3.78. The van der Waals surface area contributed by atoms with Crippen LogP contribution < -0.4 is 4.90 Å². The average Bonchev–Trinajstić information content (AvgIpc) is 3.18. The molecule has 0 radical (unpaired) electrons. The molecule has 2 aromatic carbocycles. The lowest BCUT2D eigenvalue weighted by Gasteiger charge is -2.28. The van der Waals surface area contributed by atoms with Gasteiger partial charge in [0.2, 0.25) is 11.8 Å². The summed E-state index contributed by atoms with van der Waals surface area (Å²) < 4.78 is 0. The molecule has 0 saturated carbocycles. The largest absolute Gasteiger partial charge is 0.327 e. The standard InChI is InChI=1S/C25H30ClN3O3/c1-4-5-6-19-7-9-20(10-8-19)25(32)28(18(2)3)16-23(30)27-15-24(31)29(17-27)22-13-11-21(26)12-14-22/h7-14,18H,4-6,15-17H2,1-3H3. The van der Waals surface area contributed by atoms with E-state index >= 15 is 0 Å². The van der Waals surface area contributed by atoms with Crippen molar-refractivity contribution in [2.75, 3.05) is 24.7 Å². The summed E-state index contributed by atoms with van der Waals surface area (Å²) in [6.45, 7) is 6.00. The molecule has 0 bridgehead atoms. The molecule has 0 aromatic heterocycles. The molecule has 6 nitrogen and oxygen atoms in total. The number of carbonyl (C=O) groups is 3. The van der Waals surface area contributed by atoms with Crippen LogP contribution in [0.15, 0.2) is 48.5 Å². The highest BCUT2D eigenvalue weighted by Crippen LogP contribution is 2.22. The van der Waals surface area contributed by atoms with Gasteiger partial charge in [0, 0.05) is 22.3 Å². The molecule has 0 atom stereocenters. The molecule has 170 valence electrons. The minimum absolute atomic E-state index is 0.00624. The Kier molecular flexibility index (Phi) is 7.91. The van der Waals surface area contributed by atoms with E-state index in [1.165, 1.54) is 10.5 Å². The molecule has 1 saturated heterocycles. The third kappa shape index (κ3) is 5.68. The lowest BCUT2D eigenvalue weighted by molar-refractivity contribution is -0.132. The third-order valence-corrected chi connectivity index (χ3v) is 5.89. The number of aryl methyl sites for hydroxylation is 1. The molecule has 1 heterocycles. The van der Waals surface area contributed by atoms with E-state index in [1.807, 2.05) is 38.1 Å². The number of unbranched alkanes of at least 4 members (excludes halogenated alkanes) is 1. The first-order valence-corrected chi connectivity index (χ1v) is 11.4. The Hall–Kier alpha value is -2.86. The van der Waals surface area contributed by atoms with E-state index < -0.39 is 0 Å². The second-order valence-electron chi connectivity index (χ2n) is 8.36. The number of halogens is 1. The summed E-state index contributed by atoms with van der Waals surface area (Å²) in [5.74, 6) is -0.599. The van der Waals surface area contributed by atoms with Crippen molar-refractivity contribution in [1.29, 1.82) is 0 Å². The molecule has 1 aliphatic rings. The Morgan fingerprint density at radius 2 is 1.72 bits per heavy atom.